The molecule has 0 aliphatic carbocycles. The van der Waals surface area contributed by atoms with Crippen LogP contribution >= 0.6 is 24.0 Å². The maximum Gasteiger partial charge on any atom is 0.191 e. The summed E-state index contributed by atoms with van der Waals surface area (Å²) in [6, 6.07) is 0. The number of guanidine groups is 1. The molecule has 5 nitrogen and oxygen atoms in total. The average molecular weight is 408 g/mol. The van der Waals surface area contributed by atoms with Crippen LogP contribution in [0.1, 0.15) is 57.6 Å². The quantitative estimate of drug-likeness (QED) is 0.300. The first-order valence-corrected chi connectivity index (χ1v) is 7.75. The van der Waals surface area contributed by atoms with E-state index in [9.17, 15) is 0 Å². The fourth-order valence-electron chi connectivity index (χ4n) is 2.00. The Bertz CT molecular complexity index is 396. The predicted octanol–water partition coefficient (Wildman–Crippen LogP) is 3.27. The molecule has 0 spiro atoms. The Balaban J connectivity index is 0.00000400. The maximum atomic E-state index is 5.37. The van der Waals surface area contributed by atoms with Gasteiger partial charge in [-0.2, -0.15) is 0 Å². The summed E-state index contributed by atoms with van der Waals surface area (Å²) < 4.78 is 5.37. The minimum absolute atomic E-state index is 0. The summed E-state index contributed by atoms with van der Waals surface area (Å²) in [7, 11) is 0. The lowest BCUT2D eigenvalue weighted by Crippen LogP contribution is -2.37. The maximum absolute atomic E-state index is 5.37. The minimum atomic E-state index is 0. The van der Waals surface area contributed by atoms with Crippen LogP contribution in [0.3, 0.4) is 0 Å². The number of halogens is 1. The number of hydrogen-bond acceptors (Lipinski definition) is 3. The topological polar surface area (TPSA) is 62.5 Å². The van der Waals surface area contributed by atoms with E-state index in [1.165, 1.54) is 6.42 Å². The third kappa shape index (κ3) is 6.67. The van der Waals surface area contributed by atoms with Gasteiger partial charge < -0.3 is 15.2 Å². The van der Waals surface area contributed by atoms with Crippen molar-refractivity contribution in [3.63, 3.8) is 0 Å². The molecule has 1 rings (SSSR count). The highest BCUT2D eigenvalue weighted by Gasteiger charge is 2.12. The molecule has 0 aliphatic heterocycles. The first kappa shape index (κ1) is 20.2. The van der Waals surface area contributed by atoms with E-state index < -0.39 is 0 Å². The van der Waals surface area contributed by atoms with Crippen LogP contribution in [0.15, 0.2) is 9.52 Å². The molecular formula is C15H29IN4O. The molecule has 0 bridgehead atoms. The number of aryl methyl sites for hydroxylation is 2. The van der Waals surface area contributed by atoms with Gasteiger partial charge in [-0.15, -0.1) is 24.0 Å². The van der Waals surface area contributed by atoms with Gasteiger partial charge in [0.15, 0.2) is 5.96 Å². The van der Waals surface area contributed by atoms with E-state index in [4.69, 9.17) is 4.52 Å². The Morgan fingerprint density at radius 2 is 1.90 bits per heavy atom. The van der Waals surface area contributed by atoms with Crippen molar-refractivity contribution in [1.82, 2.24) is 15.8 Å². The zero-order chi connectivity index (χ0) is 14.8. The van der Waals surface area contributed by atoms with Gasteiger partial charge in [0.25, 0.3) is 0 Å². The van der Waals surface area contributed by atoms with Gasteiger partial charge in [0.05, 0.1) is 12.2 Å². The zero-order valence-electron chi connectivity index (χ0n) is 13.7. The van der Waals surface area contributed by atoms with Crippen molar-refractivity contribution < 1.29 is 4.52 Å². The number of nitrogens with one attached hydrogen (secondary N) is 2. The summed E-state index contributed by atoms with van der Waals surface area (Å²) >= 11 is 0. The Hall–Kier alpha value is -0.790. The monoisotopic (exact) mass is 408 g/mol. The first-order chi connectivity index (χ1) is 9.76. The number of aliphatic imine (C=N–C) groups is 1. The highest BCUT2D eigenvalue weighted by molar-refractivity contribution is 14.0. The van der Waals surface area contributed by atoms with Crippen LogP contribution < -0.4 is 10.6 Å². The second-order valence-electron chi connectivity index (χ2n) is 4.71. The molecule has 0 amide bonds. The molecule has 0 radical (unpaired) electrons. The number of hydrogen-bond donors (Lipinski definition) is 2. The summed E-state index contributed by atoms with van der Waals surface area (Å²) in [5.74, 6) is 1.82. The Morgan fingerprint density at radius 3 is 2.48 bits per heavy atom. The van der Waals surface area contributed by atoms with E-state index in [-0.39, 0.29) is 24.0 Å². The van der Waals surface area contributed by atoms with Crippen LogP contribution in [0.4, 0.5) is 0 Å². The molecule has 21 heavy (non-hydrogen) atoms. The Kier molecular flexibility index (Phi) is 11.4. The second-order valence-corrected chi connectivity index (χ2v) is 4.71. The van der Waals surface area contributed by atoms with Crippen molar-refractivity contribution in [2.75, 3.05) is 13.1 Å². The number of aromatic nitrogens is 1. The fourth-order valence-corrected chi connectivity index (χ4v) is 2.00. The molecule has 2 N–H and O–H groups in total. The minimum Gasteiger partial charge on any atom is -0.361 e. The third-order valence-electron chi connectivity index (χ3n) is 3.17. The summed E-state index contributed by atoms with van der Waals surface area (Å²) in [5.41, 5.74) is 2.16. The van der Waals surface area contributed by atoms with Crippen LogP contribution in [-0.4, -0.2) is 24.2 Å². The fraction of sp³-hybridized carbons (Fsp3) is 0.733. The molecule has 1 heterocycles. The molecule has 1 aromatic rings. The molecule has 0 atom stereocenters. The highest BCUT2D eigenvalue weighted by atomic mass is 127. The van der Waals surface area contributed by atoms with Crippen LogP contribution in [0, 0.1) is 0 Å². The lowest BCUT2D eigenvalue weighted by atomic mass is 10.1. The number of nitrogens with zero attached hydrogens (tertiary/aromatic N) is 2. The molecule has 0 saturated heterocycles. The molecule has 0 saturated carbocycles. The van der Waals surface area contributed by atoms with Gasteiger partial charge in [0, 0.05) is 25.1 Å². The van der Waals surface area contributed by atoms with Crippen LogP contribution in [0.5, 0.6) is 0 Å². The van der Waals surface area contributed by atoms with Gasteiger partial charge in [0.1, 0.15) is 5.76 Å². The van der Waals surface area contributed by atoms with E-state index in [1.54, 1.807) is 0 Å². The van der Waals surface area contributed by atoms with Crippen LogP contribution in [-0.2, 0) is 19.4 Å². The summed E-state index contributed by atoms with van der Waals surface area (Å²) in [5, 5.41) is 10.7. The summed E-state index contributed by atoms with van der Waals surface area (Å²) in [4.78, 5) is 4.64. The molecule has 0 fully saturated rings. The first-order valence-electron chi connectivity index (χ1n) is 7.75. The molecule has 122 valence electrons. The SMILES string of the molecule is CCCCNC(=NCc1c(CC)noc1CC)NCC.I. The molecule has 1 aromatic heterocycles. The van der Waals surface area contributed by atoms with E-state index in [0.717, 1.165) is 55.3 Å². The van der Waals surface area contributed by atoms with Gasteiger partial charge >= 0.3 is 0 Å². The van der Waals surface area contributed by atoms with Gasteiger partial charge in [-0.25, -0.2) is 4.99 Å². The Labute approximate surface area is 145 Å². The molecular weight excluding hydrogens is 379 g/mol. The predicted molar refractivity (Wildman–Crippen MR) is 98.4 cm³/mol. The van der Waals surface area contributed by atoms with Gasteiger partial charge in [-0.1, -0.05) is 32.3 Å². The van der Waals surface area contributed by atoms with Crippen LogP contribution in [0.2, 0.25) is 0 Å². The van der Waals surface area contributed by atoms with Crippen molar-refractivity contribution in [3.8, 4) is 0 Å². The standard InChI is InChI=1S/C15H28N4O.HI/c1-5-9-10-17-15(16-8-4)18-11-12-13(6-2)19-20-14(12)7-3;/h5-11H2,1-4H3,(H2,16,17,18);1H. The van der Waals surface area contributed by atoms with E-state index in [0.29, 0.717) is 6.54 Å². The number of unbranched alkanes of at least 4 members (excludes halogenated alkanes) is 1. The molecule has 6 heteroatoms. The van der Waals surface area contributed by atoms with Gasteiger partial charge in [0.2, 0.25) is 0 Å². The van der Waals surface area contributed by atoms with E-state index in [1.807, 2.05) is 0 Å². The van der Waals surface area contributed by atoms with Gasteiger partial charge in [-0.3, -0.25) is 0 Å². The molecule has 0 aromatic carbocycles. The second kappa shape index (κ2) is 11.8. The van der Waals surface area contributed by atoms with E-state index >= 15 is 0 Å². The molecule has 0 aliphatic rings. The smallest absolute Gasteiger partial charge is 0.191 e. The normalized spacial score (nSPS) is 11.1. The van der Waals surface area contributed by atoms with Crippen molar-refractivity contribution in [2.24, 2.45) is 4.99 Å². The van der Waals surface area contributed by atoms with Crippen molar-refractivity contribution in [3.05, 3.63) is 17.0 Å². The van der Waals surface area contributed by atoms with Crippen molar-refractivity contribution in [1.29, 1.82) is 0 Å². The van der Waals surface area contributed by atoms with Crippen LogP contribution in [0.25, 0.3) is 0 Å². The zero-order valence-corrected chi connectivity index (χ0v) is 16.0. The largest absolute Gasteiger partial charge is 0.361 e. The third-order valence-corrected chi connectivity index (χ3v) is 3.17. The van der Waals surface area contributed by atoms with Crippen molar-refractivity contribution in [2.45, 2.75) is 59.9 Å². The van der Waals surface area contributed by atoms with E-state index in [2.05, 4.69) is 48.5 Å². The lowest BCUT2D eigenvalue weighted by Gasteiger charge is -2.10. The Morgan fingerprint density at radius 1 is 1.14 bits per heavy atom. The van der Waals surface area contributed by atoms with Crippen molar-refractivity contribution >= 4 is 29.9 Å². The summed E-state index contributed by atoms with van der Waals surface area (Å²) in [6.45, 7) is 10.9. The number of rotatable bonds is 8. The molecule has 0 unspecified atom stereocenters. The van der Waals surface area contributed by atoms with Gasteiger partial charge in [-0.05, 0) is 19.8 Å². The average Bonchev–Trinajstić information content (AvgIpc) is 2.87. The highest BCUT2D eigenvalue weighted by Crippen LogP contribution is 2.16. The lowest BCUT2D eigenvalue weighted by molar-refractivity contribution is 0.380. The summed E-state index contributed by atoms with van der Waals surface area (Å²) in [6.07, 6.45) is 4.07.